The van der Waals surface area contributed by atoms with Crippen LogP contribution in [0, 0.1) is 0 Å². The van der Waals surface area contributed by atoms with Gasteiger partial charge in [0.1, 0.15) is 11.4 Å². The topological polar surface area (TPSA) is 75.2 Å². The predicted molar refractivity (Wildman–Crippen MR) is 55.8 cm³/mol. The highest BCUT2D eigenvalue weighted by atomic mass is 16.5. The second-order valence-electron chi connectivity index (χ2n) is 3.36. The second-order valence-corrected chi connectivity index (χ2v) is 3.36. The van der Waals surface area contributed by atoms with Gasteiger partial charge in [0.15, 0.2) is 0 Å². The Balaban J connectivity index is 3.28. The molecular formula is C10H16N2O3. The van der Waals surface area contributed by atoms with Crippen LogP contribution in [-0.2, 0) is 10.3 Å². The second kappa shape index (κ2) is 4.44. The highest BCUT2D eigenvalue weighted by Gasteiger charge is 2.31. The first-order valence-corrected chi connectivity index (χ1v) is 4.94. The lowest BCUT2D eigenvalue weighted by Gasteiger charge is -2.28. The Hall–Kier alpha value is -1.36. The molecule has 1 heterocycles. The van der Waals surface area contributed by atoms with E-state index < -0.39 is 5.60 Å². The Morgan fingerprint density at radius 2 is 2.13 bits per heavy atom. The van der Waals surface area contributed by atoms with Gasteiger partial charge in [0.25, 0.3) is 5.56 Å². The summed E-state index contributed by atoms with van der Waals surface area (Å²) < 4.78 is 5.39. The first-order chi connectivity index (χ1) is 7.07. The lowest BCUT2D eigenvalue weighted by atomic mass is 9.96. The number of aromatic hydroxyl groups is 1. The van der Waals surface area contributed by atoms with E-state index >= 15 is 0 Å². The Morgan fingerprint density at radius 1 is 1.53 bits per heavy atom. The largest absolute Gasteiger partial charge is 0.493 e. The van der Waals surface area contributed by atoms with Crippen molar-refractivity contribution in [3.8, 4) is 5.88 Å². The normalized spacial score (nSPS) is 11.7. The van der Waals surface area contributed by atoms with Gasteiger partial charge in [-0.15, -0.1) is 0 Å². The molecule has 0 spiro atoms. The molecule has 15 heavy (non-hydrogen) atoms. The summed E-state index contributed by atoms with van der Waals surface area (Å²) >= 11 is 0. The molecule has 0 bridgehead atoms. The van der Waals surface area contributed by atoms with Crippen molar-refractivity contribution in [2.24, 2.45) is 0 Å². The molecule has 0 aliphatic carbocycles. The van der Waals surface area contributed by atoms with Crippen molar-refractivity contribution in [2.45, 2.75) is 32.3 Å². The minimum Gasteiger partial charge on any atom is -0.493 e. The molecule has 1 aromatic heterocycles. The van der Waals surface area contributed by atoms with Crippen LogP contribution in [-0.4, -0.2) is 22.2 Å². The molecule has 0 radical (unpaired) electrons. The number of hydrogen-bond donors (Lipinski definition) is 2. The van der Waals surface area contributed by atoms with Crippen molar-refractivity contribution in [3.05, 3.63) is 22.2 Å². The van der Waals surface area contributed by atoms with Crippen LogP contribution < -0.4 is 5.56 Å². The van der Waals surface area contributed by atoms with Crippen LogP contribution in [0.5, 0.6) is 5.88 Å². The van der Waals surface area contributed by atoms with Crippen molar-refractivity contribution in [2.75, 3.05) is 7.11 Å². The molecule has 0 aliphatic rings. The maximum atomic E-state index is 11.2. The third-order valence-corrected chi connectivity index (χ3v) is 2.69. The summed E-state index contributed by atoms with van der Waals surface area (Å²) in [5.41, 5.74) is -1.00. The van der Waals surface area contributed by atoms with Gasteiger partial charge in [0.05, 0.1) is 6.07 Å². The van der Waals surface area contributed by atoms with E-state index in [9.17, 15) is 9.90 Å². The van der Waals surface area contributed by atoms with Crippen LogP contribution >= 0.6 is 0 Å². The summed E-state index contributed by atoms with van der Waals surface area (Å²) in [5, 5.41) is 9.26. The number of aromatic nitrogens is 2. The van der Waals surface area contributed by atoms with Crippen LogP contribution in [0.4, 0.5) is 0 Å². The molecule has 1 aromatic rings. The van der Waals surface area contributed by atoms with E-state index in [1.165, 1.54) is 0 Å². The van der Waals surface area contributed by atoms with Crippen molar-refractivity contribution in [3.63, 3.8) is 0 Å². The number of aromatic amines is 1. The van der Waals surface area contributed by atoms with Crippen molar-refractivity contribution < 1.29 is 9.84 Å². The molecule has 0 fully saturated rings. The van der Waals surface area contributed by atoms with Gasteiger partial charge in [-0.25, -0.2) is 0 Å². The summed E-state index contributed by atoms with van der Waals surface area (Å²) in [5.74, 6) is 0.0945. The number of hydrogen-bond acceptors (Lipinski definition) is 4. The van der Waals surface area contributed by atoms with Gasteiger partial charge in [-0.05, 0) is 12.8 Å². The van der Waals surface area contributed by atoms with E-state index in [1.807, 2.05) is 13.8 Å². The first kappa shape index (κ1) is 11.7. The van der Waals surface area contributed by atoms with Crippen molar-refractivity contribution in [1.82, 2.24) is 9.97 Å². The molecule has 0 saturated carbocycles. The molecule has 0 aliphatic heterocycles. The van der Waals surface area contributed by atoms with E-state index in [1.54, 1.807) is 7.11 Å². The molecule has 84 valence electrons. The number of methoxy groups -OCH3 is 1. The Bertz CT molecular complexity index is 374. The quantitative estimate of drug-likeness (QED) is 0.784. The monoisotopic (exact) mass is 212 g/mol. The molecule has 1 rings (SSSR count). The number of rotatable bonds is 4. The summed E-state index contributed by atoms with van der Waals surface area (Å²) in [6, 6.07) is 1.04. The van der Waals surface area contributed by atoms with E-state index in [0.29, 0.717) is 18.7 Å². The summed E-state index contributed by atoms with van der Waals surface area (Å²) in [6.07, 6.45) is 1.35. The van der Waals surface area contributed by atoms with E-state index in [-0.39, 0.29) is 11.4 Å². The minimum absolute atomic E-state index is 0.280. The zero-order valence-electron chi connectivity index (χ0n) is 9.20. The zero-order valence-corrected chi connectivity index (χ0v) is 9.20. The maximum absolute atomic E-state index is 11.2. The number of H-pyrrole nitrogens is 1. The highest BCUT2D eigenvalue weighted by Crippen LogP contribution is 2.29. The predicted octanol–water partition coefficient (Wildman–Crippen LogP) is 1.14. The SMILES string of the molecule is CCC(CC)(OC)c1nc(O)cc(=O)[nH]1. The highest BCUT2D eigenvalue weighted by molar-refractivity contribution is 5.11. The van der Waals surface area contributed by atoms with Gasteiger partial charge in [0, 0.05) is 7.11 Å². The smallest absolute Gasteiger partial charge is 0.254 e. The van der Waals surface area contributed by atoms with Crippen LogP contribution in [0.3, 0.4) is 0 Å². The Labute approximate surface area is 88.1 Å². The molecule has 0 amide bonds. The molecule has 5 heteroatoms. The molecule has 0 aromatic carbocycles. The lowest BCUT2D eigenvalue weighted by molar-refractivity contribution is -0.0297. The summed E-state index contributed by atoms with van der Waals surface area (Å²) in [6.45, 7) is 3.88. The molecule has 0 atom stereocenters. The third kappa shape index (κ3) is 2.18. The summed E-state index contributed by atoms with van der Waals surface area (Å²) in [7, 11) is 1.57. The van der Waals surface area contributed by atoms with E-state index in [0.717, 1.165) is 6.07 Å². The molecule has 0 unspecified atom stereocenters. The Morgan fingerprint density at radius 3 is 2.53 bits per heavy atom. The molecule has 2 N–H and O–H groups in total. The van der Waals surface area contributed by atoms with Crippen LogP contribution in [0.2, 0.25) is 0 Å². The average Bonchev–Trinajstić information content (AvgIpc) is 2.20. The van der Waals surface area contributed by atoms with Gasteiger partial charge in [-0.1, -0.05) is 13.8 Å². The maximum Gasteiger partial charge on any atom is 0.254 e. The van der Waals surface area contributed by atoms with Crippen LogP contribution in [0.1, 0.15) is 32.5 Å². The number of nitrogens with zero attached hydrogens (tertiary/aromatic N) is 1. The zero-order chi connectivity index (χ0) is 11.5. The molecule has 0 saturated heterocycles. The van der Waals surface area contributed by atoms with Crippen LogP contribution in [0.15, 0.2) is 10.9 Å². The Kier molecular flexibility index (Phi) is 3.47. The molecule has 5 nitrogen and oxygen atoms in total. The average molecular weight is 212 g/mol. The van der Waals surface area contributed by atoms with Gasteiger partial charge in [0.2, 0.25) is 5.88 Å². The number of ether oxygens (including phenoxy) is 1. The lowest BCUT2D eigenvalue weighted by Crippen LogP contribution is -2.31. The van der Waals surface area contributed by atoms with E-state index in [2.05, 4.69) is 9.97 Å². The van der Waals surface area contributed by atoms with Gasteiger partial charge in [-0.2, -0.15) is 4.98 Å². The standard InChI is InChI=1S/C10H16N2O3/c1-4-10(5-2,15-3)9-11-7(13)6-8(14)12-9/h6H,4-5H2,1-3H3,(H2,11,12,13,14). The minimum atomic E-state index is -0.627. The fraction of sp³-hybridized carbons (Fsp3) is 0.600. The number of nitrogens with one attached hydrogen (secondary N) is 1. The van der Waals surface area contributed by atoms with Crippen molar-refractivity contribution in [1.29, 1.82) is 0 Å². The molecular weight excluding hydrogens is 196 g/mol. The fourth-order valence-corrected chi connectivity index (χ4v) is 1.63. The summed E-state index contributed by atoms with van der Waals surface area (Å²) in [4.78, 5) is 17.7. The first-order valence-electron chi connectivity index (χ1n) is 4.94. The van der Waals surface area contributed by atoms with E-state index in [4.69, 9.17) is 4.74 Å². The van der Waals surface area contributed by atoms with Crippen LogP contribution in [0.25, 0.3) is 0 Å². The van der Waals surface area contributed by atoms with Gasteiger partial charge < -0.3 is 14.8 Å². The van der Waals surface area contributed by atoms with Gasteiger partial charge >= 0.3 is 0 Å². The van der Waals surface area contributed by atoms with Gasteiger partial charge in [-0.3, -0.25) is 4.79 Å². The van der Waals surface area contributed by atoms with Crippen molar-refractivity contribution >= 4 is 0 Å². The third-order valence-electron chi connectivity index (χ3n) is 2.69. The fourth-order valence-electron chi connectivity index (χ4n) is 1.63.